The minimum Gasteiger partial charge on any atom is -0.488 e. The molecule has 124 valence electrons. The van der Waals surface area contributed by atoms with Crippen molar-refractivity contribution in [3.63, 3.8) is 0 Å². The van der Waals surface area contributed by atoms with Crippen LogP contribution in [0.1, 0.15) is 0 Å². The Balaban J connectivity index is 1.65. The highest BCUT2D eigenvalue weighted by Gasteiger charge is 2.25. The normalized spacial score (nSPS) is 12.9. The van der Waals surface area contributed by atoms with Gasteiger partial charge in [-0.1, -0.05) is 48.5 Å². The number of para-hydroxylation sites is 1. The molecule has 0 atom stereocenters. The van der Waals surface area contributed by atoms with Gasteiger partial charge in [0.2, 0.25) is 0 Å². The van der Waals surface area contributed by atoms with Crippen LogP contribution in [0, 0.1) is 0 Å². The lowest BCUT2D eigenvalue weighted by atomic mass is 10.1. The monoisotopic (exact) mass is 331 g/mol. The maximum Gasteiger partial charge on any atom is 0.327 e. The van der Waals surface area contributed by atoms with Gasteiger partial charge in [-0.25, -0.2) is 9.78 Å². The molecule has 25 heavy (non-hydrogen) atoms. The molecule has 5 nitrogen and oxygen atoms in total. The van der Waals surface area contributed by atoms with Crippen molar-refractivity contribution in [3.8, 4) is 17.0 Å². The summed E-state index contributed by atoms with van der Waals surface area (Å²) in [7, 11) is 0. The van der Waals surface area contributed by atoms with Gasteiger partial charge in [-0.2, -0.15) is 0 Å². The molecule has 2 heterocycles. The van der Waals surface area contributed by atoms with E-state index in [9.17, 15) is 4.79 Å². The number of ether oxygens (including phenoxy) is 1. The number of hydrogen-bond donors (Lipinski definition) is 1. The topological polar surface area (TPSA) is 54.5 Å². The lowest BCUT2D eigenvalue weighted by Crippen LogP contribution is -2.41. The van der Waals surface area contributed by atoms with Crippen molar-refractivity contribution in [1.29, 1.82) is 0 Å². The maximum absolute atomic E-state index is 12.7. The van der Waals surface area contributed by atoms with Crippen molar-refractivity contribution < 1.29 is 9.53 Å². The predicted molar refractivity (Wildman–Crippen MR) is 98.0 cm³/mol. The fraction of sp³-hybridized carbons (Fsp3) is 0.100. The third-order valence-electron chi connectivity index (χ3n) is 4.01. The number of pyridine rings is 1. The summed E-state index contributed by atoms with van der Waals surface area (Å²) in [6.07, 6.45) is 0. The molecule has 2 amide bonds. The number of urea groups is 1. The number of benzene rings is 2. The minimum absolute atomic E-state index is 0.214. The molecule has 2 aromatic carbocycles. The molecule has 0 fully saturated rings. The first kappa shape index (κ1) is 15.2. The number of fused-ring (bicyclic) bond motifs is 1. The van der Waals surface area contributed by atoms with E-state index in [1.54, 1.807) is 4.90 Å². The SMILES string of the molecule is O=C(Nc1ccccc1)N1CCOc2ccc(-c3ccccc3)nc21. The largest absolute Gasteiger partial charge is 0.488 e. The van der Waals surface area contributed by atoms with Crippen molar-refractivity contribution in [3.05, 3.63) is 72.8 Å². The molecule has 3 aromatic rings. The van der Waals surface area contributed by atoms with Crippen LogP contribution in [0.15, 0.2) is 72.8 Å². The number of rotatable bonds is 2. The van der Waals surface area contributed by atoms with E-state index in [0.29, 0.717) is 24.7 Å². The molecule has 1 aliphatic heterocycles. The second-order valence-electron chi connectivity index (χ2n) is 5.68. The quantitative estimate of drug-likeness (QED) is 0.766. The predicted octanol–water partition coefficient (Wildman–Crippen LogP) is 4.18. The van der Waals surface area contributed by atoms with Crippen LogP contribution >= 0.6 is 0 Å². The van der Waals surface area contributed by atoms with Crippen LogP contribution in [-0.4, -0.2) is 24.2 Å². The summed E-state index contributed by atoms with van der Waals surface area (Å²) in [5.74, 6) is 1.16. The number of nitrogens with one attached hydrogen (secondary N) is 1. The summed E-state index contributed by atoms with van der Waals surface area (Å²) in [5.41, 5.74) is 2.56. The number of carbonyl (C=O) groups is 1. The molecule has 1 aliphatic rings. The van der Waals surface area contributed by atoms with Gasteiger partial charge < -0.3 is 10.1 Å². The molecule has 0 bridgehead atoms. The van der Waals surface area contributed by atoms with Crippen LogP contribution in [0.25, 0.3) is 11.3 Å². The Labute approximate surface area is 145 Å². The Bertz CT molecular complexity index is 882. The van der Waals surface area contributed by atoms with E-state index in [2.05, 4.69) is 10.3 Å². The first-order valence-electron chi connectivity index (χ1n) is 8.14. The van der Waals surface area contributed by atoms with E-state index in [1.807, 2.05) is 72.8 Å². The van der Waals surface area contributed by atoms with Gasteiger partial charge in [-0.15, -0.1) is 0 Å². The second-order valence-corrected chi connectivity index (χ2v) is 5.68. The highest BCUT2D eigenvalue weighted by Crippen LogP contribution is 2.32. The van der Waals surface area contributed by atoms with Crippen LogP contribution in [0.5, 0.6) is 5.75 Å². The van der Waals surface area contributed by atoms with Gasteiger partial charge in [0.05, 0.1) is 12.2 Å². The molecule has 0 radical (unpaired) electrons. The van der Waals surface area contributed by atoms with E-state index in [4.69, 9.17) is 4.74 Å². The Morgan fingerprint density at radius 1 is 0.960 bits per heavy atom. The number of amides is 2. The van der Waals surface area contributed by atoms with Gasteiger partial charge in [0.15, 0.2) is 11.6 Å². The number of carbonyl (C=O) groups excluding carboxylic acids is 1. The minimum atomic E-state index is -0.214. The molecule has 4 rings (SSSR count). The van der Waals surface area contributed by atoms with E-state index in [1.165, 1.54) is 0 Å². The Morgan fingerprint density at radius 3 is 2.44 bits per heavy atom. The van der Waals surface area contributed by atoms with E-state index < -0.39 is 0 Å². The lowest BCUT2D eigenvalue weighted by molar-refractivity contribution is 0.249. The smallest absolute Gasteiger partial charge is 0.327 e. The van der Waals surface area contributed by atoms with Gasteiger partial charge in [-0.05, 0) is 24.3 Å². The molecule has 0 aliphatic carbocycles. The van der Waals surface area contributed by atoms with Gasteiger partial charge in [-0.3, -0.25) is 4.90 Å². The van der Waals surface area contributed by atoms with E-state index in [0.717, 1.165) is 16.9 Å². The molecule has 0 saturated carbocycles. The van der Waals surface area contributed by atoms with Crippen molar-refractivity contribution in [2.24, 2.45) is 0 Å². The lowest BCUT2D eigenvalue weighted by Gasteiger charge is -2.28. The van der Waals surface area contributed by atoms with Crippen molar-refractivity contribution in [1.82, 2.24) is 4.98 Å². The Morgan fingerprint density at radius 2 is 1.68 bits per heavy atom. The number of nitrogens with zero attached hydrogens (tertiary/aromatic N) is 2. The standard InChI is InChI=1S/C20H17N3O2/c24-20(21-16-9-5-2-6-10-16)23-13-14-25-18-12-11-17(22-19(18)23)15-7-3-1-4-8-15/h1-12H,13-14H2,(H,21,24). The zero-order valence-corrected chi connectivity index (χ0v) is 13.6. The van der Waals surface area contributed by atoms with Gasteiger partial charge >= 0.3 is 6.03 Å². The maximum atomic E-state index is 12.7. The molecule has 0 unspecified atom stereocenters. The van der Waals surface area contributed by atoms with Crippen LogP contribution in [0.3, 0.4) is 0 Å². The molecule has 5 heteroatoms. The van der Waals surface area contributed by atoms with E-state index in [-0.39, 0.29) is 6.03 Å². The van der Waals surface area contributed by atoms with Crippen LogP contribution in [0.4, 0.5) is 16.3 Å². The average Bonchev–Trinajstić information content (AvgIpc) is 2.68. The Hall–Kier alpha value is -3.34. The summed E-state index contributed by atoms with van der Waals surface area (Å²) >= 11 is 0. The number of anilines is 2. The summed E-state index contributed by atoms with van der Waals surface area (Å²) in [4.78, 5) is 19.0. The zero-order chi connectivity index (χ0) is 17.1. The number of aromatic nitrogens is 1. The number of hydrogen-bond acceptors (Lipinski definition) is 3. The zero-order valence-electron chi connectivity index (χ0n) is 13.6. The average molecular weight is 331 g/mol. The van der Waals surface area contributed by atoms with Gasteiger partial charge in [0.25, 0.3) is 0 Å². The fourth-order valence-electron chi connectivity index (χ4n) is 2.77. The molecular formula is C20H17N3O2. The molecule has 0 saturated heterocycles. The van der Waals surface area contributed by atoms with Crippen LogP contribution < -0.4 is 15.0 Å². The van der Waals surface area contributed by atoms with Crippen molar-refractivity contribution in [2.45, 2.75) is 0 Å². The van der Waals surface area contributed by atoms with Crippen LogP contribution in [-0.2, 0) is 0 Å². The van der Waals surface area contributed by atoms with Crippen LogP contribution in [0.2, 0.25) is 0 Å². The third-order valence-corrected chi connectivity index (χ3v) is 4.01. The summed E-state index contributed by atoms with van der Waals surface area (Å²) in [6.45, 7) is 0.901. The molecule has 1 aromatic heterocycles. The fourth-order valence-corrected chi connectivity index (χ4v) is 2.77. The Kier molecular flexibility index (Phi) is 4.04. The van der Waals surface area contributed by atoms with E-state index >= 15 is 0 Å². The summed E-state index contributed by atoms with van der Waals surface area (Å²) < 4.78 is 5.66. The van der Waals surface area contributed by atoms with Gasteiger partial charge in [0, 0.05) is 11.3 Å². The third kappa shape index (κ3) is 3.17. The van der Waals surface area contributed by atoms with Crippen molar-refractivity contribution >= 4 is 17.5 Å². The highest BCUT2D eigenvalue weighted by atomic mass is 16.5. The molecular weight excluding hydrogens is 314 g/mol. The second kappa shape index (κ2) is 6.65. The van der Waals surface area contributed by atoms with Crippen molar-refractivity contribution in [2.75, 3.05) is 23.4 Å². The highest BCUT2D eigenvalue weighted by molar-refractivity contribution is 6.02. The van der Waals surface area contributed by atoms with Gasteiger partial charge in [0.1, 0.15) is 6.61 Å². The molecule has 0 spiro atoms. The summed E-state index contributed by atoms with van der Waals surface area (Å²) in [5, 5.41) is 2.90. The first-order valence-corrected chi connectivity index (χ1v) is 8.14. The summed E-state index contributed by atoms with van der Waals surface area (Å²) in [6, 6.07) is 22.8. The first-order chi connectivity index (χ1) is 12.3. The molecule has 1 N–H and O–H groups in total.